The van der Waals surface area contributed by atoms with Crippen LogP contribution in [0.5, 0.6) is 0 Å². The highest BCUT2D eigenvalue weighted by molar-refractivity contribution is 6.01. The molecule has 3 rings (SSSR count). The molecule has 25 heavy (non-hydrogen) atoms. The van der Waals surface area contributed by atoms with Crippen molar-refractivity contribution in [1.82, 2.24) is 4.90 Å². The Balaban J connectivity index is 1.68. The van der Waals surface area contributed by atoms with E-state index in [2.05, 4.69) is 11.4 Å². The molecule has 0 bridgehead atoms. The molecule has 2 unspecified atom stereocenters. The van der Waals surface area contributed by atoms with E-state index in [-0.39, 0.29) is 6.09 Å². The first-order valence-corrected chi connectivity index (χ1v) is 8.00. The zero-order chi connectivity index (χ0) is 18.2. The summed E-state index contributed by atoms with van der Waals surface area (Å²) in [6.07, 6.45) is -0.327. The molecule has 1 aromatic rings. The molecule has 0 spiro atoms. The molecule has 1 heterocycles. The molecule has 1 aliphatic carbocycles. The topological polar surface area (TPSA) is 106 Å². The Bertz CT molecular complexity index is 803. The molecule has 1 N–H and O–H groups in total. The molecule has 2 aliphatic rings. The fourth-order valence-corrected chi connectivity index (χ4v) is 3.42. The second kappa shape index (κ2) is 5.78. The number of rotatable bonds is 4. The first-order valence-electron chi connectivity index (χ1n) is 8.00. The van der Waals surface area contributed by atoms with Crippen molar-refractivity contribution < 1.29 is 14.3 Å². The monoisotopic (exact) mass is 338 g/mol. The van der Waals surface area contributed by atoms with Gasteiger partial charge in [-0.15, -0.1) is 0 Å². The Morgan fingerprint density at radius 2 is 2.04 bits per heavy atom. The average Bonchev–Trinajstić information content (AvgIpc) is 2.82. The molecule has 2 amide bonds. The summed E-state index contributed by atoms with van der Waals surface area (Å²) in [6, 6.07) is 11.1. The lowest BCUT2D eigenvalue weighted by atomic mass is 9.96. The number of benzene rings is 1. The first kappa shape index (κ1) is 16.8. The third-order valence-corrected chi connectivity index (χ3v) is 5.18. The number of amides is 2. The van der Waals surface area contributed by atoms with E-state index in [1.165, 1.54) is 0 Å². The number of hydrogen-bond acceptors (Lipinski definition) is 5. The number of anilines is 1. The minimum atomic E-state index is -1.32. The van der Waals surface area contributed by atoms with Crippen molar-refractivity contribution in [2.24, 2.45) is 16.7 Å². The molecule has 7 nitrogen and oxygen atoms in total. The highest BCUT2D eigenvalue weighted by Gasteiger charge is 2.77. The predicted molar refractivity (Wildman–Crippen MR) is 87.8 cm³/mol. The molecular formula is C18H18N4O3. The summed E-state index contributed by atoms with van der Waals surface area (Å²) in [5.74, 6) is -1.08. The van der Waals surface area contributed by atoms with Crippen molar-refractivity contribution in [3.05, 3.63) is 29.8 Å². The van der Waals surface area contributed by atoms with Crippen molar-refractivity contribution >= 4 is 17.7 Å². The molecule has 0 aromatic heterocycles. The molecule has 1 aliphatic heterocycles. The molecule has 128 valence electrons. The summed E-state index contributed by atoms with van der Waals surface area (Å²) in [7, 11) is 0. The SMILES string of the molecule is CC1(C)C(C#N)C1(C#N)C(=O)Nc1ccc(CN2CCOC2=O)cc1. The average molecular weight is 338 g/mol. The fourth-order valence-electron chi connectivity index (χ4n) is 3.42. The molecule has 7 heteroatoms. The first-order chi connectivity index (χ1) is 11.9. The Labute approximate surface area is 145 Å². The van der Waals surface area contributed by atoms with Gasteiger partial charge >= 0.3 is 6.09 Å². The molecule has 0 radical (unpaired) electrons. The summed E-state index contributed by atoms with van der Waals surface area (Å²) in [5, 5.41) is 21.4. The van der Waals surface area contributed by atoms with Crippen LogP contribution in [0.2, 0.25) is 0 Å². The highest BCUT2D eigenvalue weighted by atomic mass is 16.6. The largest absolute Gasteiger partial charge is 0.448 e. The van der Waals surface area contributed by atoms with E-state index in [1.54, 1.807) is 43.0 Å². The van der Waals surface area contributed by atoms with Gasteiger partial charge in [0.15, 0.2) is 5.41 Å². The van der Waals surface area contributed by atoms with Crippen molar-refractivity contribution in [3.63, 3.8) is 0 Å². The standard InChI is InChI=1S/C18H18N4O3/c1-17(2)14(9-19)18(17,11-20)15(23)21-13-5-3-12(4-6-13)10-22-7-8-25-16(22)24/h3-6,14H,7-8,10H2,1-2H3,(H,21,23). The number of nitriles is 2. The van der Waals surface area contributed by atoms with Crippen LogP contribution < -0.4 is 5.32 Å². The smallest absolute Gasteiger partial charge is 0.410 e. The molecule has 1 saturated carbocycles. The third kappa shape index (κ3) is 2.49. The van der Waals surface area contributed by atoms with Crippen molar-refractivity contribution in [3.8, 4) is 12.1 Å². The van der Waals surface area contributed by atoms with Crippen LogP contribution in [0.3, 0.4) is 0 Å². The van der Waals surface area contributed by atoms with E-state index in [9.17, 15) is 20.1 Å². The van der Waals surface area contributed by atoms with E-state index in [0.29, 0.717) is 25.4 Å². The van der Waals surface area contributed by atoms with Crippen LogP contribution in [0, 0.1) is 39.4 Å². The van der Waals surface area contributed by atoms with E-state index in [1.807, 2.05) is 6.07 Å². The van der Waals surface area contributed by atoms with Crippen LogP contribution in [-0.4, -0.2) is 30.1 Å². The van der Waals surface area contributed by atoms with Gasteiger partial charge in [-0.2, -0.15) is 10.5 Å². The number of carbonyl (C=O) groups excluding carboxylic acids is 2. The number of carbonyl (C=O) groups is 2. The quantitative estimate of drug-likeness (QED) is 0.906. The predicted octanol–water partition coefficient (Wildman–Crippen LogP) is 2.27. The van der Waals surface area contributed by atoms with Crippen molar-refractivity contribution in [2.75, 3.05) is 18.5 Å². The van der Waals surface area contributed by atoms with Crippen LogP contribution in [0.4, 0.5) is 10.5 Å². The summed E-state index contributed by atoms with van der Waals surface area (Å²) in [6.45, 7) is 4.91. The molecule has 2 atom stereocenters. The Morgan fingerprint density at radius 1 is 1.36 bits per heavy atom. The third-order valence-electron chi connectivity index (χ3n) is 5.18. The fraction of sp³-hybridized carbons (Fsp3) is 0.444. The minimum absolute atomic E-state index is 0.327. The van der Waals surface area contributed by atoms with Gasteiger partial charge in [-0.05, 0) is 17.7 Å². The van der Waals surface area contributed by atoms with Crippen molar-refractivity contribution in [1.29, 1.82) is 10.5 Å². The van der Waals surface area contributed by atoms with Gasteiger partial charge in [0.2, 0.25) is 5.91 Å². The van der Waals surface area contributed by atoms with Crippen LogP contribution in [0.25, 0.3) is 0 Å². The molecule has 2 fully saturated rings. The van der Waals surface area contributed by atoms with E-state index < -0.39 is 22.7 Å². The Morgan fingerprint density at radius 3 is 2.52 bits per heavy atom. The molecular weight excluding hydrogens is 320 g/mol. The zero-order valence-corrected chi connectivity index (χ0v) is 14.1. The number of nitrogens with one attached hydrogen (secondary N) is 1. The summed E-state index contributed by atoms with van der Waals surface area (Å²) in [5.41, 5.74) is -0.531. The van der Waals surface area contributed by atoms with Crippen LogP contribution >= 0.6 is 0 Å². The van der Waals surface area contributed by atoms with Gasteiger partial charge in [0.05, 0.1) is 24.6 Å². The van der Waals surface area contributed by atoms with Gasteiger partial charge < -0.3 is 15.0 Å². The van der Waals surface area contributed by atoms with Gasteiger partial charge in [-0.25, -0.2) is 4.79 Å². The minimum Gasteiger partial charge on any atom is -0.448 e. The Hall–Kier alpha value is -3.06. The van der Waals surface area contributed by atoms with E-state index in [4.69, 9.17) is 4.74 Å². The van der Waals surface area contributed by atoms with Crippen LogP contribution in [-0.2, 0) is 16.1 Å². The van der Waals surface area contributed by atoms with Gasteiger partial charge in [0.25, 0.3) is 0 Å². The summed E-state index contributed by atoms with van der Waals surface area (Å²) in [4.78, 5) is 25.6. The molecule has 1 aromatic carbocycles. The number of hydrogen-bond donors (Lipinski definition) is 1. The van der Waals surface area contributed by atoms with Gasteiger partial charge in [0, 0.05) is 17.6 Å². The van der Waals surface area contributed by atoms with Gasteiger partial charge in [-0.1, -0.05) is 26.0 Å². The maximum atomic E-state index is 12.6. The second-order valence-electron chi connectivity index (χ2n) is 6.89. The van der Waals surface area contributed by atoms with Gasteiger partial charge in [0.1, 0.15) is 6.61 Å². The normalized spacial score (nSPS) is 26.3. The lowest BCUT2D eigenvalue weighted by molar-refractivity contribution is -0.120. The second-order valence-corrected chi connectivity index (χ2v) is 6.89. The van der Waals surface area contributed by atoms with Crippen molar-refractivity contribution in [2.45, 2.75) is 20.4 Å². The highest BCUT2D eigenvalue weighted by Crippen LogP contribution is 2.68. The lowest BCUT2D eigenvalue weighted by Crippen LogP contribution is -2.27. The maximum absolute atomic E-state index is 12.6. The number of nitrogens with zero attached hydrogens (tertiary/aromatic N) is 3. The summed E-state index contributed by atoms with van der Waals surface area (Å²) >= 11 is 0. The zero-order valence-electron chi connectivity index (χ0n) is 14.1. The summed E-state index contributed by atoms with van der Waals surface area (Å²) < 4.78 is 4.88. The van der Waals surface area contributed by atoms with Crippen LogP contribution in [0.15, 0.2) is 24.3 Å². The van der Waals surface area contributed by atoms with E-state index in [0.717, 1.165) is 5.56 Å². The number of ether oxygens (including phenoxy) is 1. The lowest BCUT2D eigenvalue weighted by Gasteiger charge is -2.14. The Kier molecular flexibility index (Phi) is 3.88. The van der Waals surface area contributed by atoms with Crippen LogP contribution in [0.1, 0.15) is 19.4 Å². The maximum Gasteiger partial charge on any atom is 0.410 e. The number of cyclic esters (lactones) is 1. The molecule has 1 saturated heterocycles. The van der Waals surface area contributed by atoms with Gasteiger partial charge in [-0.3, -0.25) is 4.79 Å². The van der Waals surface area contributed by atoms with E-state index >= 15 is 0 Å².